The fraction of sp³-hybridized carbons (Fsp3) is 0.429. The molecule has 3 N–H and O–H groups in total. The summed E-state index contributed by atoms with van der Waals surface area (Å²) in [4.78, 5) is 4.25. The standard InChI is InChI=1S/C14H20FN5/c1-10(2)20-14(17-9-18-20)8-12(19-16)7-11-5-3-4-6-13(11)15/h3-6,9-10,12,19H,7-8,16H2,1-2H3. The molecule has 0 amide bonds. The second kappa shape index (κ2) is 6.58. The zero-order valence-electron chi connectivity index (χ0n) is 11.8. The molecule has 2 aromatic rings. The van der Waals surface area contributed by atoms with Gasteiger partial charge in [-0.25, -0.2) is 14.1 Å². The topological polar surface area (TPSA) is 68.8 Å². The van der Waals surface area contributed by atoms with Gasteiger partial charge in [-0.05, 0) is 31.9 Å². The molecule has 1 aromatic carbocycles. The van der Waals surface area contributed by atoms with Crippen LogP contribution < -0.4 is 11.3 Å². The van der Waals surface area contributed by atoms with Crippen molar-refractivity contribution < 1.29 is 4.39 Å². The van der Waals surface area contributed by atoms with Crippen molar-refractivity contribution in [3.05, 3.63) is 47.8 Å². The number of aromatic nitrogens is 3. The minimum Gasteiger partial charge on any atom is -0.271 e. The molecule has 5 nitrogen and oxygen atoms in total. The summed E-state index contributed by atoms with van der Waals surface area (Å²) in [6.45, 7) is 4.08. The van der Waals surface area contributed by atoms with Crippen molar-refractivity contribution in [3.63, 3.8) is 0 Å². The molecule has 0 fully saturated rings. The van der Waals surface area contributed by atoms with E-state index in [2.05, 4.69) is 15.5 Å². The van der Waals surface area contributed by atoms with E-state index in [1.54, 1.807) is 12.1 Å². The van der Waals surface area contributed by atoms with Gasteiger partial charge >= 0.3 is 0 Å². The molecule has 1 heterocycles. The quantitative estimate of drug-likeness (QED) is 0.622. The smallest absolute Gasteiger partial charge is 0.138 e. The SMILES string of the molecule is CC(C)n1ncnc1CC(Cc1ccccc1F)NN. The summed E-state index contributed by atoms with van der Waals surface area (Å²) in [6.07, 6.45) is 2.64. The number of hydrazine groups is 1. The molecule has 20 heavy (non-hydrogen) atoms. The number of nitrogens with zero attached hydrogens (tertiary/aromatic N) is 3. The monoisotopic (exact) mass is 277 g/mol. The first-order valence-electron chi connectivity index (χ1n) is 6.69. The highest BCUT2D eigenvalue weighted by atomic mass is 19.1. The summed E-state index contributed by atoms with van der Waals surface area (Å²) in [7, 11) is 0. The summed E-state index contributed by atoms with van der Waals surface area (Å²) < 4.78 is 15.5. The molecule has 0 saturated heterocycles. The Morgan fingerprint density at radius 1 is 1.30 bits per heavy atom. The van der Waals surface area contributed by atoms with Crippen LogP contribution in [0, 0.1) is 5.82 Å². The first kappa shape index (κ1) is 14.6. The molecule has 1 atom stereocenters. The van der Waals surface area contributed by atoms with Crippen LogP contribution in [0.3, 0.4) is 0 Å². The molecule has 0 spiro atoms. The van der Waals surface area contributed by atoms with E-state index in [-0.39, 0.29) is 17.9 Å². The summed E-state index contributed by atoms with van der Waals surface area (Å²) in [5.41, 5.74) is 3.38. The van der Waals surface area contributed by atoms with Gasteiger partial charge in [0.1, 0.15) is 18.0 Å². The van der Waals surface area contributed by atoms with Crippen molar-refractivity contribution in [3.8, 4) is 0 Å². The molecule has 2 rings (SSSR count). The van der Waals surface area contributed by atoms with Gasteiger partial charge in [0.25, 0.3) is 0 Å². The summed E-state index contributed by atoms with van der Waals surface area (Å²) in [5.74, 6) is 6.22. The van der Waals surface area contributed by atoms with Crippen LogP contribution in [-0.4, -0.2) is 20.8 Å². The normalized spacial score (nSPS) is 12.8. The lowest BCUT2D eigenvalue weighted by Gasteiger charge is -2.17. The van der Waals surface area contributed by atoms with Gasteiger partial charge in [0, 0.05) is 18.5 Å². The Balaban J connectivity index is 2.10. The van der Waals surface area contributed by atoms with Crippen molar-refractivity contribution >= 4 is 0 Å². The van der Waals surface area contributed by atoms with Crippen LogP contribution in [0.25, 0.3) is 0 Å². The summed E-state index contributed by atoms with van der Waals surface area (Å²) in [6, 6.07) is 6.88. The van der Waals surface area contributed by atoms with Gasteiger partial charge < -0.3 is 0 Å². The first-order valence-corrected chi connectivity index (χ1v) is 6.69. The van der Waals surface area contributed by atoms with Gasteiger partial charge in [-0.2, -0.15) is 5.10 Å². The van der Waals surface area contributed by atoms with Crippen LogP contribution in [0.2, 0.25) is 0 Å². The number of rotatable bonds is 6. The highest BCUT2D eigenvalue weighted by Gasteiger charge is 2.16. The van der Waals surface area contributed by atoms with Crippen LogP contribution in [0.1, 0.15) is 31.3 Å². The second-order valence-corrected chi connectivity index (χ2v) is 5.08. The van der Waals surface area contributed by atoms with E-state index in [1.165, 1.54) is 12.4 Å². The van der Waals surface area contributed by atoms with E-state index in [0.29, 0.717) is 18.4 Å². The average molecular weight is 277 g/mol. The Labute approximate surface area is 118 Å². The average Bonchev–Trinajstić information content (AvgIpc) is 2.88. The zero-order chi connectivity index (χ0) is 14.5. The van der Waals surface area contributed by atoms with Crippen LogP contribution in [0.15, 0.2) is 30.6 Å². The first-order chi connectivity index (χ1) is 9.61. The third-order valence-electron chi connectivity index (χ3n) is 3.23. The number of hydrogen-bond acceptors (Lipinski definition) is 4. The molecule has 1 unspecified atom stereocenters. The Bertz CT molecular complexity index is 552. The number of benzene rings is 1. The van der Waals surface area contributed by atoms with E-state index >= 15 is 0 Å². The molecule has 0 aliphatic carbocycles. The number of nitrogens with one attached hydrogen (secondary N) is 1. The maximum absolute atomic E-state index is 13.7. The third-order valence-corrected chi connectivity index (χ3v) is 3.23. The summed E-state index contributed by atoms with van der Waals surface area (Å²) in [5, 5.41) is 4.19. The number of nitrogens with two attached hydrogens (primary N) is 1. The van der Waals surface area contributed by atoms with Crippen molar-refractivity contribution in [1.82, 2.24) is 20.2 Å². The zero-order valence-corrected chi connectivity index (χ0v) is 11.8. The maximum Gasteiger partial charge on any atom is 0.138 e. The van der Waals surface area contributed by atoms with Gasteiger partial charge in [0.2, 0.25) is 0 Å². The highest BCUT2D eigenvalue weighted by Crippen LogP contribution is 2.13. The largest absolute Gasteiger partial charge is 0.271 e. The van der Waals surface area contributed by atoms with Crippen molar-refractivity contribution in [2.75, 3.05) is 0 Å². The fourth-order valence-electron chi connectivity index (χ4n) is 2.19. The Hall–Kier alpha value is -1.79. The van der Waals surface area contributed by atoms with Crippen molar-refractivity contribution in [2.24, 2.45) is 5.84 Å². The number of halogens is 1. The van der Waals surface area contributed by atoms with Gasteiger partial charge in [0.05, 0.1) is 0 Å². The molecule has 0 saturated carbocycles. The molecular weight excluding hydrogens is 257 g/mol. The Kier molecular flexibility index (Phi) is 4.81. The maximum atomic E-state index is 13.7. The van der Waals surface area contributed by atoms with E-state index in [9.17, 15) is 4.39 Å². The lowest BCUT2D eigenvalue weighted by Crippen LogP contribution is -2.39. The van der Waals surface area contributed by atoms with Gasteiger partial charge in [0.15, 0.2) is 0 Å². The number of hydrogen-bond donors (Lipinski definition) is 2. The minimum absolute atomic E-state index is 0.0893. The van der Waals surface area contributed by atoms with E-state index in [4.69, 9.17) is 5.84 Å². The molecular formula is C14H20FN5. The minimum atomic E-state index is -0.210. The fourth-order valence-corrected chi connectivity index (χ4v) is 2.19. The Morgan fingerprint density at radius 2 is 2.05 bits per heavy atom. The lowest BCUT2D eigenvalue weighted by molar-refractivity contribution is 0.454. The predicted octanol–water partition coefficient (Wildman–Crippen LogP) is 1.62. The second-order valence-electron chi connectivity index (χ2n) is 5.08. The van der Waals surface area contributed by atoms with Crippen LogP contribution in [-0.2, 0) is 12.8 Å². The van der Waals surface area contributed by atoms with E-state index < -0.39 is 0 Å². The van der Waals surface area contributed by atoms with Crippen molar-refractivity contribution in [1.29, 1.82) is 0 Å². The Morgan fingerprint density at radius 3 is 2.70 bits per heavy atom. The molecule has 6 heteroatoms. The van der Waals surface area contributed by atoms with Crippen LogP contribution >= 0.6 is 0 Å². The molecule has 0 bridgehead atoms. The molecule has 108 valence electrons. The van der Waals surface area contributed by atoms with Gasteiger partial charge in [-0.1, -0.05) is 18.2 Å². The summed E-state index contributed by atoms with van der Waals surface area (Å²) >= 11 is 0. The van der Waals surface area contributed by atoms with E-state index in [1.807, 2.05) is 24.6 Å². The molecule has 0 radical (unpaired) electrons. The highest BCUT2D eigenvalue weighted by molar-refractivity contribution is 5.18. The van der Waals surface area contributed by atoms with Gasteiger partial charge in [-0.3, -0.25) is 11.3 Å². The predicted molar refractivity (Wildman–Crippen MR) is 75.3 cm³/mol. The molecule has 0 aliphatic heterocycles. The lowest BCUT2D eigenvalue weighted by atomic mass is 10.0. The van der Waals surface area contributed by atoms with E-state index in [0.717, 1.165) is 5.82 Å². The van der Waals surface area contributed by atoms with Crippen LogP contribution in [0.4, 0.5) is 4.39 Å². The third kappa shape index (κ3) is 3.40. The van der Waals surface area contributed by atoms with Gasteiger partial charge in [-0.15, -0.1) is 0 Å². The van der Waals surface area contributed by atoms with Crippen molar-refractivity contribution in [2.45, 2.75) is 38.8 Å². The molecule has 1 aromatic heterocycles. The van der Waals surface area contributed by atoms with Crippen LogP contribution in [0.5, 0.6) is 0 Å². The molecule has 0 aliphatic rings.